The van der Waals surface area contributed by atoms with Gasteiger partial charge in [0.05, 0.1) is 37.4 Å². The van der Waals surface area contributed by atoms with Crippen LogP contribution in [0.4, 0.5) is 21.7 Å². The average molecular weight is 478 g/mol. The molecule has 0 saturated heterocycles. The molecule has 0 aliphatic carbocycles. The molecule has 3 aromatic rings. The molecule has 0 spiro atoms. The molecule has 2 N–H and O–H groups in total. The molecule has 0 atom stereocenters. The number of para-hydroxylation sites is 1. The second kappa shape index (κ2) is 9.72. The van der Waals surface area contributed by atoms with Crippen LogP contribution in [0.1, 0.15) is 16.7 Å². The molecule has 2 heterocycles. The fourth-order valence-corrected chi connectivity index (χ4v) is 3.51. The summed E-state index contributed by atoms with van der Waals surface area (Å²) in [4.78, 5) is 20.5. The summed E-state index contributed by atoms with van der Waals surface area (Å²) in [6, 6.07) is 6.87. The number of carbonyl (C=O) groups excluding carboxylic acids is 1. The molecule has 1 aromatic heterocycles. The van der Waals surface area contributed by atoms with E-state index in [2.05, 4.69) is 27.2 Å². The number of fused-ring (bicyclic) bond motifs is 1. The zero-order chi connectivity index (χ0) is 25.1. The Balaban J connectivity index is 1.67. The minimum atomic E-state index is -0.626. The van der Waals surface area contributed by atoms with Crippen LogP contribution in [0, 0.1) is 19.7 Å². The third kappa shape index (κ3) is 4.58. The van der Waals surface area contributed by atoms with Gasteiger partial charge in [-0.25, -0.2) is 9.37 Å². The lowest BCUT2D eigenvalue weighted by molar-refractivity contribution is -0.111. The summed E-state index contributed by atoms with van der Waals surface area (Å²) in [7, 11) is 2.84. The molecule has 0 fully saturated rings. The van der Waals surface area contributed by atoms with Gasteiger partial charge in [0.2, 0.25) is 17.6 Å². The third-order valence-electron chi connectivity index (χ3n) is 5.30. The number of nitrogens with zero attached hydrogens (tertiary/aromatic N) is 2. The maximum absolute atomic E-state index is 15.2. The highest BCUT2D eigenvalue weighted by Gasteiger charge is 2.26. The highest BCUT2D eigenvalue weighted by atomic mass is 19.1. The Bertz CT molecular complexity index is 1330. The van der Waals surface area contributed by atoms with Crippen LogP contribution in [0.15, 0.2) is 49.4 Å². The van der Waals surface area contributed by atoms with Crippen molar-refractivity contribution in [3.05, 3.63) is 71.9 Å². The molecule has 4 rings (SSSR count). The molecule has 1 aliphatic rings. The van der Waals surface area contributed by atoms with Crippen molar-refractivity contribution < 1.29 is 28.1 Å². The Labute approximate surface area is 201 Å². The number of amides is 1. The predicted molar refractivity (Wildman–Crippen MR) is 129 cm³/mol. The number of hydrogen-bond acceptors (Lipinski definition) is 8. The Morgan fingerprint density at radius 1 is 1.20 bits per heavy atom. The van der Waals surface area contributed by atoms with Crippen LogP contribution in [-0.4, -0.2) is 30.1 Å². The van der Waals surface area contributed by atoms with Gasteiger partial charge in [-0.1, -0.05) is 18.7 Å². The van der Waals surface area contributed by atoms with E-state index in [1.807, 2.05) is 13.0 Å². The molecular weight excluding hydrogens is 455 g/mol. The van der Waals surface area contributed by atoms with Crippen LogP contribution in [0.3, 0.4) is 0 Å². The highest BCUT2D eigenvalue weighted by Crippen LogP contribution is 2.40. The molecule has 0 bridgehead atoms. The summed E-state index contributed by atoms with van der Waals surface area (Å²) in [5.41, 5.74) is 2.57. The van der Waals surface area contributed by atoms with Crippen LogP contribution in [0.2, 0.25) is 0 Å². The number of methoxy groups -OCH3 is 2. The topological polar surface area (TPSA) is 104 Å². The van der Waals surface area contributed by atoms with Gasteiger partial charge in [0.15, 0.2) is 17.3 Å². The Kier molecular flexibility index (Phi) is 6.54. The zero-order valence-corrected chi connectivity index (χ0v) is 19.6. The minimum Gasteiger partial charge on any atom is -0.496 e. The van der Waals surface area contributed by atoms with Gasteiger partial charge in [0.1, 0.15) is 12.0 Å². The molecule has 180 valence electrons. The van der Waals surface area contributed by atoms with Gasteiger partial charge in [0, 0.05) is 11.6 Å². The Morgan fingerprint density at radius 3 is 2.69 bits per heavy atom. The van der Waals surface area contributed by atoms with E-state index in [1.165, 1.54) is 38.8 Å². The first kappa shape index (κ1) is 23.6. The largest absolute Gasteiger partial charge is 0.496 e. The number of anilines is 3. The van der Waals surface area contributed by atoms with E-state index in [9.17, 15) is 4.79 Å². The summed E-state index contributed by atoms with van der Waals surface area (Å²) < 4.78 is 37.2. The zero-order valence-electron chi connectivity index (χ0n) is 19.6. The quantitative estimate of drug-likeness (QED) is 0.463. The number of aryl methyl sites for hydroxylation is 1. The van der Waals surface area contributed by atoms with Crippen LogP contribution in [0.25, 0.3) is 5.76 Å². The second-order valence-corrected chi connectivity index (χ2v) is 7.48. The monoisotopic (exact) mass is 478 g/mol. The molecule has 0 radical (unpaired) electrons. The summed E-state index contributed by atoms with van der Waals surface area (Å²) in [6.45, 7) is 7.03. The summed E-state index contributed by atoms with van der Waals surface area (Å²) in [6.07, 6.45) is 3.87. The SMILES string of the molecule is C=CC(=O)Nc1cccc(C)c1Nc1ncc2c(n1)OC(c1c(C)c(OC)cc(OC)c1F)=CO2. The van der Waals surface area contributed by atoms with E-state index in [1.54, 1.807) is 19.1 Å². The van der Waals surface area contributed by atoms with Gasteiger partial charge < -0.3 is 29.6 Å². The highest BCUT2D eigenvalue weighted by molar-refractivity contribution is 6.01. The fourth-order valence-electron chi connectivity index (χ4n) is 3.51. The third-order valence-corrected chi connectivity index (χ3v) is 5.30. The van der Waals surface area contributed by atoms with Crippen LogP contribution in [0.5, 0.6) is 23.1 Å². The number of halogens is 1. The van der Waals surface area contributed by atoms with E-state index < -0.39 is 5.82 Å². The van der Waals surface area contributed by atoms with Crippen LogP contribution < -0.4 is 29.6 Å². The second-order valence-electron chi connectivity index (χ2n) is 7.48. The fraction of sp³-hybridized carbons (Fsp3) is 0.160. The number of carbonyl (C=O) groups is 1. The van der Waals surface area contributed by atoms with Crippen molar-refractivity contribution in [2.45, 2.75) is 13.8 Å². The number of ether oxygens (including phenoxy) is 4. The number of aromatic nitrogens is 2. The number of nitrogens with one attached hydrogen (secondary N) is 2. The van der Waals surface area contributed by atoms with Crippen molar-refractivity contribution in [1.29, 1.82) is 0 Å². The molecule has 35 heavy (non-hydrogen) atoms. The molecule has 0 saturated carbocycles. The molecule has 9 nitrogen and oxygen atoms in total. The van der Waals surface area contributed by atoms with Crippen molar-refractivity contribution in [3.8, 4) is 23.1 Å². The normalized spacial score (nSPS) is 11.9. The Hall–Kier alpha value is -4.60. The number of hydrogen-bond donors (Lipinski definition) is 2. The van der Waals surface area contributed by atoms with Crippen molar-refractivity contribution in [1.82, 2.24) is 9.97 Å². The maximum atomic E-state index is 15.2. The summed E-state index contributed by atoms with van der Waals surface area (Å²) in [5, 5.41) is 5.83. The smallest absolute Gasteiger partial charge is 0.268 e. The first-order valence-corrected chi connectivity index (χ1v) is 10.5. The summed E-state index contributed by atoms with van der Waals surface area (Å²) in [5.74, 6) is 0.0231. The molecule has 0 unspecified atom stereocenters. The number of benzene rings is 2. The van der Waals surface area contributed by atoms with Gasteiger partial charge in [-0.05, 0) is 31.6 Å². The number of rotatable bonds is 7. The summed E-state index contributed by atoms with van der Waals surface area (Å²) >= 11 is 0. The van der Waals surface area contributed by atoms with Gasteiger partial charge in [-0.3, -0.25) is 4.79 Å². The lowest BCUT2D eigenvalue weighted by atomic mass is 10.0. The average Bonchev–Trinajstić information content (AvgIpc) is 2.86. The molecule has 10 heteroatoms. The minimum absolute atomic E-state index is 0.00329. The van der Waals surface area contributed by atoms with Crippen molar-refractivity contribution in [2.75, 3.05) is 24.9 Å². The lowest BCUT2D eigenvalue weighted by Crippen LogP contribution is -2.12. The standard InChI is InChI=1S/C25H23FN4O5/c1-6-20(31)28-15-9-7-8-13(2)23(15)29-25-27-11-18-24(30-25)35-19(12-34-18)21-14(3)16(32-4)10-17(33-5)22(21)26/h6-12H,1H2,2-5H3,(H,28,31)(H,27,29,30). The van der Waals surface area contributed by atoms with Crippen molar-refractivity contribution in [3.63, 3.8) is 0 Å². The first-order chi connectivity index (χ1) is 16.9. The van der Waals surface area contributed by atoms with E-state index >= 15 is 4.39 Å². The molecule has 1 amide bonds. The molecular formula is C25H23FN4O5. The van der Waals surface area contributed by atoms with Crippen LogP contribution >= 0.6 is 0 Å². The van der Waals surface area contributed by atoms with Crippen molar-refractivity contribution in [2.24, 2.45) is 0 Å². The van der Waals surface area contributed by atoms with Gasteiger partial charge in [-0.2, -0.15) is 4.98 Å². The van der Waals surface area contributed by atoms with Crippen molar-refractivity contribution >= 4 is 29.0 Å². The van der Waals surface area contributed by atoms with E-state index in [4.69, 9.17) is 18.9 Å². The van der Waals surface area contributed by atoms with E-state index in [0.717, 1.165) is 5.56 Å². The van der Waals surface area contributed by atoms with E-state index in [-0.39, 0.29) is 40.6 Å². The Morgan fingerprint density at radius 2 is 1.97 bits per heavy atom. The lowest BCUT2D eigenvalue weighted by Gasteiger charge is -2.21. The van der Waals surface area contributed by atoms with Crippen LogP contribution in [-0.2, 0) is 4.79 Å². The van der Waals surface area contributed by atoms with E-state index in [0.29, 0.717) is 22.7 Å². The molecule has 1 aliphatic heterocycles. The van der Waals surface area contributed by atoms with Gasteiger partial charge in [-0.15, -0.1) is 0 Å². The predicted octanol–water partition coefficient (Wildman–Crippen LogP) is 4.89. The van der Waals surface area contributed by atoms with Gasteiger partial charge in [0.25, 0.3) is 5.88 Å². The maximum Gasteiger partial charge on any atom is 0.268 e. The molecule has 2 aromatic carbocycles. The first-order valence-electron chi connectivity index (χ1n) is 10.5. The van der Waals surface area contributed by atoms with Gasteiger partial charge >= 0.3 is 0 Å².